The normalized spacial score (nSPS) is 25.1. The molecule has 3 aliphatic rings. The van der Waals surface area contributed by atoms with Crippen molar-refractivity contribution in [2.45, 2.75) is 38.6 Å². The number of aromatic hydroxyl groups is 1. The van der Waals surface area contributed by atoms with E-state index in [0.717, 1.165) is 62.4 Å². The largest absolute Gasteiger partial charge is 0.504 e. The maximum absolute atomic E-state index is 10.3. The summed E-state index contributed by atoms with van der Waals surface area (Å²) in [5, 5.41) is 13.9. The van der Waals surface area contributed by atoms with Gasteiger partial charge in [-0.1, -0.05) is 19.4 Å². The second-order valence-corrected chi connectivity index (χ2v) is 9.67. The van der Waals surface area contributed by atoms with Gasteiger partial charge in [0.25, 0.3) is 0 Å². The third-order valence-electron chi connectivity index (χ3n) is 7.99. The number of piperidine rings is 1. The van der Waals surface area contributed by atoms with Gasteiger partial charge in [-0.15, -0.1) is 0 Å². The Hall–Kier alpha value is -2.86. The van der Waals surface area contributed by atoms with Gasteiger partial charge in [-0.2, -0.15) is 0 Å². The van der Waals surface area contributed by atoms with Gasteiger partial charge in [0, 0.05) is 36.9 Å². The van der Waals surface area contributed by atoms with Crippen LogP contribution in [0.1, 0.15) is 48.1 Å². The first-order valence-electron chi connectivity index (χ1n) is 12.4. The van der Waals surface area contributed by atoms with Crippen LogP contribution < -0.4 is 19.5 Å². The van der Waals surface area contributed by atoms with Crippen molar-refractivity contribution in [2.24, 2.45) is 11.8 Å². The highest BCUT2D eigenvalue weighted by Crippen LogP contribution is 2.46. The third-order valence-corrected chi connectivity index (χ3v) is 7.99. The number of fused-ring (bicyclic) bond motifs is 4. The number of nitrogens with zero attached hydrogens (tertiary/aromatic N) is 1. The Balaban J connectivity index is 1.50. The molecule has 1 fully saturated rings. The van der Waals surface area contributed by atoms with Gasteiger partial charge in [0.2, 0.25) is 0 Å². The first-order chi connectivity index (χ1) is 16.6. The van der Waals surface area contributed by atoms with Crippen molar-refractivity contribution in [1.82, 2.24) is 10.2 Å². The smallest absolute Gasteiger partial charge is 0.161 e. The molecule has 6 heteroatoms. The first-order valence-corrected chi connectivity index (χ1v) is 12.4. The molecule has 182 valence electrons. The first kappa shape index (κ1) is 22.9. The van der Waals surface area contributed by atoms with Crippen LogP contribution in [0.25, 0.3) is 5.70 Å². The Morgan fingerprint density at radius 1 is 1.00 bits per heavy atom. The molecule has 3 atom stereocenters. The fraction of sp³-hybridized carbons (Fsp3) is 0.500. The lowest BCUT2D eigenvalue weighted by Gasteiger charge is -2.47. The number of allylic oxidation sites excluding steroid dienone is 1. The topological polar surface area (TPSA) is 63.2 Å². The van der Waals surface area contributed by atoms with E-state index < -0.39 is 0 Å². The minimum atomic E-state index is 0.213. The number of hydrogen-bond acceptors (Lipinski definition) is 6. The average Bonchev–Trinajstić information content (AvgIpc) is 2.87. The van der Waals surface area contributed by atoms with Crippen molar-refractivity contribution in [2.75, 3.05) is 41.0 Å². The molecule has 0 amide bonds. The number of rotatable bonds is 5. The quantitative estimate of drug-likeness (QED) is 0.677. The van der Waals surface area contributed by atoms with Crippen molar-refractivity contribution >= 4 is 5.70 Å². The summed E-state index contributed by atoms with van der Waals surface area (Å²) in [5.74, 6) is 3.43. The van der Waals surface area contributed by atoms with Crippen LogP contribution in [0.15, 0.2) is 30.3 Å². The van der Waals surface area contributed by atoms with Crippen molar-refractivity contribution in [3.63, 3.8) is 0 Å². The molecular formula is C28H36N2O4. The summed E-state index contributed by atoms with van der Waals surface area (Å²) in [6.45, 7) is 5.38. The van der Waals surface area contributed by atoms with Crippen molar-refractivity contribution in [1.29, 1.82) is 0 Å². The lowest BCUT2D eigenvalue weighted by atomic mass is 9.75. The summed E-state index contributed by atoms with van der Waals surface area (Å²) in [6, 6.07) is 8.59. The van der Waals surface area contributed by atoms with Crippen LogP contribution in [-0.2, 0) is 12.8 Å². The van der Waals surface area contributed by atoms with E-state index in [2.05, 4.69) is 35.3 Å². The molecule has 2 N–H and O–H groups in total. The summed E-state index contributed by atoms with van der Waals surface area (Å²) in [7, 11) is 5.02. The van der Waals surface area contributed by atoms with Gasteiger partial charge in [-0.05, 0) is 72.1 Å². The van der Waals surface area contributed by atoms with E-state index in [9.17, 15) is 5.11 Å². The molecule has 1 saturated heterocycles. The molecule has 0 aliphatic carbocycles. The maximum Gasteiger partial charge on any atom is 0.161 e. The van der Waals surface area contributed by atoms with Gasteiger partial charge in [0.05, 0.1) is 21.3 Å². The van der Waals surface area contributed by atoms with Crippen LogP contribution in [0.2, 0.25) is 0 Å². The Morgan fingerprint density at radius 3 is 2.50 bits per heavy atom. The van der Waals surface area contributed by atoms with E-state index in [1.807, 2.05) is 12.1 Å². The molecule has 3 heterocycles. The van der Waals surface area contributed by atoms with Crippen LogP contribution >= 0.6 is 0 Å². The number of phenolic OH excluding ortho intramolecular Hbond substituents is 1. The SMILES string of the molecule is CCC1CN2CCc3cc(OC)c(OC)cc3C2CC1/C=C1\NCCc2cc(O)c(OC)cc21. The van der Waals surface area contributed by atoms with Crippen LogP contribution in [0, 0.1) is 11.8 Å². The molecule has 0 spiro atoms. The zero-order valence-electron chi connectivity index (χ0n) is 20.7. The Kier molecular flexibility index (Phi) is 6.34. The lowest BCUT2D eigenvalue weighted by Crippen LogP contribution is -2.45. The fourth-order valence-electron chi connectivity index (χ4n) is 6.12. The van der Waals surface area contributed by atoms with E-state index in [1.54, 1.807) is 21.3 Å². The average molecular weight is 465 g/mol. The highest BCUT2D eigenvalue weighted by Gasteiger charge is 2.38. The molecule has 0 radical (unpaired) electrons. The third kappa shape index (κ3) is 3.98. The fourth-order valence-corrected chi connectivity index (χ4v) is 6.12. The van der Waals surface area contributed by atoms with E-state index in [-0.39, 0.29) is 5.75 Å². The number of benzene rings is 2. The van der Waals surface area contributed by atoms with E-state index in [1.165, 1.54) is 22.4 Å². The Labute approximate surface area is 202 Å². The molecule has 6 nitrogen and oxygen atoms in total. The summed E-state index contributed by atoms with van der Waals surface area (Å²) in [6.07, 6.45) is 6.64. The van der Waals surface area contributed by atoms with Gasteiger partial charge >= 0.3 is 0 Å². The number of hydrogen-bond donors (Lipinski definition) is 2. The van der Waals surface area contributed by atoms with Crippen molar-refractivity contribution in [3.8, 4) is 23.0 Å². The van der Waals surface area contributed by atoms with Gasteiger partial charge in [-0.3, -0.25) is 4.90 Å². The summed E-state index contributed by atoms with van der Waals surface area (Å²) >= 11 is 0. The van der Waals surface area contributed by atoms with E-state index >= 15 is 0 Å². The van der Waals surface area contributed by atoms with Gasteiger partial charge in [0.1, 0.15) is 0 Å². The number of ether oxygens (including phenoxy) is 3. The Morgan fingerprint density at radius 2 is 1.76 bits per heavy atom. The lowest BCUT2D eigenvalue weighted by molar-refractivity contribution is 0.0693. The molecule has 0 bridgehead atoms. The molecule has 2 aromatic carbocycles. The number of nitrogens with one attached hydrogen (secondary N) is 1. The van der Waals surface area contributed by atoms with Gasteiger partial charge in [-0.25, -0.2) is 0 Å². The predicted octanol–water partition coefficient (Wildman–Crippen LogP) is 4.55. The van der Waals surface area contributed by atoms with E-state index in [4.69, 9.17) is 14.2 Å². The highest BCUT2D eigenvalue weighted by atomic mass is 16.5. The second-order valence-electron chi connectivity index (χ2n) is 9.67. The van der Waals surface area contributed by atoms with Crippen LogP contribution in [0.4, 0.5) is 0 Å². The summed E-state index contributed by atoms with van der Waals surface area (Å²) in [4.78, 5) is 2.67. The highest BCUT2D eigenvalue weighted by molar-refractivity contribution is 5.71. The molecule has 3 unspecified atom stereocenters. The number of methoxy groups -OCH3 is 3. The minimum absolute atomic E-state index is 0.213. The summed E-state index contributed by atoms with van der Waals surface area (Å²) in [5.41, 5.74) is 6.24. The standard InChI is InChI=1S/C28H36N2O4/c1-5-17-16-30-9-7-19-13-27(33-3)28(34-4)15-22(19)24(30)11-20(17)10-23-21-14-26(32-2)25(31)12-18(21)6-8-29-23/h10,12-15,17,20,24,29,31H,5-9,11,16H2,1-4H3/b23-10-. The molecule has 2 aromatic rings. The van der Waals surface area contributed by atoms with Crippen molar-refractivity contribution < 1.29 is 19.3 Å². The van der Waals surface area contributed by atoms with Crippen LogP contribution in [0.3, 0.4) is 0 Å². The summed E-state index contributed by atoms with van der Waals surface area (Å²) < 4.78 is 16.6. The van der Waals surface area contributed by atoms with Crippen LogP contribution in [-0.4, -0.2) is 51.0 Å². The molecule has 34 heavy (non-hydrogen) atoms. The molecule has 0 saturated carbocycles. The van der Waals surface area contributed by atoms with E-state index in [0.29, 0.717) is 23.6 Å². The van der Waals surface area contributed by atoms with Gasteiger partial charge < -0.3 is 24.6 Å². The molecular weight excluding hydrogens is 428 g/mol. The van der Waals surface area contributed by atoms with Crippen LogP contribution in [0.5, 0.6) is 23.0 Å². The minimum Gasteiger partial charge on any atom is -0.504 e. The van der Waals surface area contributed by atoms with Crippen molar-refractivity contribution in [3.05, 3.63) is 52.6 Å². The maximum atomic E-state index is 10.3. The zero-order chi connectivity index (χ0) is 23.8. The molecule has 3 aliphatic heterocycles. The number of phenols is 1. The van der Waals surface area contributed by atoms with Gasteiger partial charge in [0.15, 0.2) is 23.0 Å². The predicted molar refractivity (Wildman–Crippen MR) is 134 cm³/mol. The monoisotopic (exact) mass is 464 g/mol. The second kappa shape index (κ2) is 9.41. The zero-order valence-corrected chi connectivity index (χ0v) is 20.7. The molecule has 0 aromatic heterocycles. The Bertz CT molecular complexity index is 1100. The molecule has 5 rings (SSSR count).